The van der Waals surface area contributed by atoms with Gasteiger partial charge in [-0.15, -0.1) is 0 Å². The van der Waals surface area contributed by atoms with Crippen LogP contribution in [-0.2, 0) is 14.8 Å². The van der Waals surface area contributed by atoms with Crippen molar-refractivity contribution in [3.63, 3.8) is 0 Å². The number of rotatable bonds is 5. The molecule has 1 spiro atoms. The summed E-state index contributed by atoms with van der Waals surface area (Å²) in [6.07, 6.45) is 7.64. The van der Waals surface area contributed by atoms with Gasteiger partial charge in [-0.2, -0.15) is 10.2 Å². The molecule has 0 atom stereocenters. The summed E-state index contributed by atoms with van der Waals surface area (Å²) in [4.78, 5) is 12.9. The molecule has 1 N–H and O–H groups in total. The van der Waals surface area contributed by atoms with Crippen LogP contribution in [0.4, 0.5) is 0 Å². The van der Waals surface area contributed by atoms with Crippen LogP contribution in [-0.4, -0.2) is 47.4 Å². The lowest BCUT2D eigenvalue weighted by Gasteiger charge is -2.34. The normalized spacial score (nSPS) is 24.7. The van der Waals surface area contributed by atoms with Crippen LogP contribution in [0.15, 0.2) is 52.7 Å². The quantitative estimate of drug-likeness (QED) is 0.810. The molecule has 1 aromatic carbocycles. The third-order valence-corrected chi connectivity index (χ3v) is 7.20. The average Bonchev–Trinajstić information content (AvgIpc) is 3.33. The van der Waals surface area contributed by atoms with Gasteiger partial charge in [0, 0.05) is 30.7 Å². The van der Waals surface area contributed by atoms with Crippen molar-refractivity contribution in [1.82, 2.24) is 19.5 Å². The highest BCUT2D eigenvalue weighted by atomic mass is 32.2. The van der Waals surface area contributed by atoms with Crippen molar-refractivity contribution in [2.45, 2.75) is 56.5 Å². The smallest absolute Gasteiger partial charge is 0.254 e. The zero-order valence-electron chi connectivity index (χ0n) is 16.5. The standard InChI is InChI=1S/C20H25N5O3S/c1-15(2)25-19(26)20(14-22-25)10-8-16(9-11-20)23-29(27,28)18-6-4-17(5-7-18)24-13-3-12-21-24/h3-7,12-16,23H,8-11H2,1-2H3. The lowest BCUT2D eigenvalue weighted by atomic mass is 9.73. The topological polar surface area (TPSA) is 96.7 Å². The van der Waals surface area contributed by atoms with Gasteiger partial charge in [0.1, 0.15) is 0 Å². The molecule has 2 aliphatic rings. The van der Waals surface area contributed by atoms with Gasteiger partial charge in [-0.05, 0) is 69.9 Å². The number of hydrazone groups is 1. The second-order valence-corrected chi connectivity index (χ2v) is 9.70. The summed E-state index contributed by atoms with van der Waals surface area (Å²) >= 11 is 0. The monoisotopic (exact) mass is 415 g/mol. The van der Waals surface area contributed by atoms with E-state index < -0.39 is 15.4 Å². The van der Waals surface area contributed by atoms with Crippen molar-refractivity contribution >= 4 is 22.1 Å². The molecule has 1 amide bonds. The van der Waals surface area contributed by atoms with Crippen LogP contribution < -0.4 is 4.72 Å². The predicted octanol–water partition coefficient (Wildman–Crippen LogP) is 2.32. The molecule has 4 rings (SSSR count). The minimum absolute atomic E-state index is 0.0269. The Kier molecular flexibility index (Phi) is 5.04. The minimum atomic E-state index is -3.63. The summed E-state index contributed by atoms with van der Waals surface area (Å²) < 4.78 is 30.0. The van der Waals surface area contributed by atoms with E-state index in [2.05, 4.69) is 14.9 Å². The highest BCUT2D eigenvalue weighted by molar-refractivity contribution is 7.89. The van der Waals surface area contributed by atoms with E-state index in [1.165, 1.54) is 5.01 Å². The van der Waals surface area contributed by atoms with E-state index in [0.717, 1.165) is 5.69 Å². The van der Waals surface area contributed by atoms with E-state index in [0.29, 0.717) is 25.7 Å². The van der Waals surface area contributed by atoms with Crippen LogP contribution in [0.5, 0.6) is 0 Å². The van der Waals surface area contributed by atoms with Crippen LogP contribution in [0.1, 0.15) is 39.5 Å². The number of sulfonamides is 1. The molecule has 2 aromatic rings. The summed E-state index contributed by atoms with van der Waals surface area (Å²) in [5.74, 6) is 0.0306. The van der Waals surface area contributed by atoms with E-state index in [1.807, 2.05) is 19.9 Å². The van der Waals surface area contributed by atoms with Crippen LogP contribution in [0.2, 0.25) is 0 Å². The minimum Gasteiger partial charge on any atom is -0.272 e. The molecule has 9 heteroatoms. The molecule has 1 aromatic heterocycles. The van der Waals surface area contributed by atoms with Crippen molar-refractivity contribution in [1.29, 1.82) is 0 Å². The van der Waals surface area contributed by atoms with Crippen LogP contribution in [0.3, 0.4) is 0 Å². The van der Waals surface area contributed by atoms with Crippen LogP contribution in [0, 0.1) is 5.41 Å². The van der Waals surface area contributed by atoms with Gasteiger partial charge in [0.15, 0.2) is 0 Å². The molecule has 8 nitrogen and oxygen atoms in total. The lowest BCUT2D eigenvalue weighted by Crippen LogP contribution is -2.46. The third-order valence-electron chi connectivity index (χ3n) is 5.67. The molecule has 1 fully saturated rings. The zero-order chi connectivity index (χ0) is 20.6. The Balaban J connectivity index is 1.40. The molecule has 0 bridgehead atoms. The van der Waals surface area contributed by atoms with E-state index in [-0.39, 0.29) is 22.9 Å². The van der Waals surface area contributed by atoms with Crippen molar-refractivity contribution in [2.24, 2.45) is 10.5 Å². The molecule has 0 unspecified atom stereocenters. The Hall–Kier alpha value is -2.52. The fraction of sp³-hybridized carbons (Fsp3) is 0.450. The fourth-order valence-corrected chi connectivity index (χ4v) is 5.26. The SMILES string of the molecule is CC(C)N1N=CC2(CCC(NS(=O)(=O)c3ccc(-n4cccn4)cc3)CC2)C1=O. The van der Waals surface area contributed by atoms with Crippen LogP contribution >= 0.6 is 0 Å². The second kappa shape index (κ2) is 7.38. The van der Waals surface area contributed by atoms with Crippen LogP contribution in [0.25, 0.3) is 5.69 Å². The fourth-order valence-electron chi connectivity index (χ4n) is 3.96. The van der Waals surface area contributed by atoms with E-state index in [1.54, 1.807) is 47.6 Å². The molecule has 1 aliphatic heterocycles. The zero-order valence-corrected chi connectivity index (χ0v) is 17.3. The van der Waals surface area contributed by atoms with Crippen molar-refractivity contribution in [2.75, 3.05) is 0 Å². The van der Waals surface area contributed by atoms with E-state index >= 15 is 0 Å². The Morgan fingerprint density at radius 1 is 1.17 bits per heavy atom. The number of nitrogens with zero attached hydrogens (tertiary/aromatic N) is 4. The summed E-state index contributed by atoms with van der Waals surface area (Å²) in [6, 6.07) is 8.26. The predicted molar refractivity (Wildman–Crippen MR) is 109 cm³/mol. The highest BCUT2D eigenvalue weighted by Crippen LogP contribution is 2.40. The van der Waals surface area contributed by atoms with Crippen molar-refractivity contribution < 1.29 is 13.2 Å². The number of carbonyl (C=O) groups excluding carboxylic acids is 1. The van der Waals surface area contributed by atoms with Gasteiger partial charge in [-0.3, -0.25) is 4.79 Å². The molecule has 29 heavy (non-hydrogen) atoms. The maximum absolute atomic E-state index is 12.8. The Labute approximate surface area is 170 Å². The van der Waals surface area contributed by atoms with E-state index in [9.17, 15) is 13.2 Å². The lowest BCUT2D eigenvalue weighted by molar-refractivity contribution is -0.139. The highest BCUT2D eigenvalue weighted by Gasteiger charge is 2.47. The number of carbonyl (C=O) groups is 1. The molecule has 154 valence electrons. The largest absolute Gasteiger partial charge is 0.272 e. The van der Waals surface area contributed by atoms with Crippen molar-refractivity contribution in [3.8, 4) is 5.69 Å². The van der Waals surface area contributed by atoms with Gasteiger partial charge in [0.25, 0.3) is 5.91 Å². The van der Waals surface area contributed by atoms with Gasteiger partial charge in [0.2, 0.25) is 10.0 Å². The number of aromatic nitrogens is 2. The number of benzene rings is 1. The van der Waals surface area contributed by atoms with Gasteiger partial charge >= 0.3 is 0 Å². The maximum Gasteiger partial charge on any atom is 0.254 e. The van der Waals surface area contributed by atoms with E-state index in [4.69, 9.17) is 0 Å². The van der Waals surface area contributed by atoms with Gasteiger partial charge in [0.05, 0.1) is 16.0 Å². The van der Waals surface area contributed by atoms with Gasteiger partial charge in [-0.1, -0.05) is 0 Å². The molecule has 0 saturated heterocycles. The summed E-state index contributed by atoms with van der Waals surface area (Å²) in [5.41, 5.74) is 0.222. The number of amides is 1. The first-order valence-corrected chi connectivity index (χ1v) is 11.3. The number of hydrogen-bond donors (Lipinski definition) is 1. The molecule has 1 saturated carbocycles. The number of hydrogen-bond acceptors (Lipinski definition) is 5. The molecular weight excluding hydrogens is 390 g/mol. The maximum atomic E-state index is 12.8. The summed E-state index contributed by atoms with van der Waals surface area (Å²) in [5, 5.41) is 9.96. The first-order chi connectivity index (χ1) is 13.8. The van der Waals surface area contributed by atoms with Gasteiger partial charge in [-0.25, -0.2) is 22.8 Å². The Morgan fingerprint density at radius 2 is 1.86 bits per heavy atom. The molecule has 0 radical (unpaired) electrons. The Bertz CT molecular complexity index is 1000. The first-order valence-electron chi connectivity index (χ1n) is 9.82. The third kappa shape index (κ3) is 3.72. The summed E-state index contributed by atoms with van der Waals surface area (Å²) in [7, 11) is -3.63. The molecule has 2 heterocycles. The second-order valence-electron chi connectivity index (χ2n) is 7.98. The molecule has 1 aliphatic carbocycles. The number of nitrogens with one attached hydrogen (secondary N) is 1. The Morgan fingerprint density at radius 3 is 2.41 bits per heavy atom. The van der Waals surface area contributed by atoms with Crippen molar-refractivity contribution in [3.05, 3.63) is 42.7 Å². The van der Waals surface area contributed by atoms with Gasteiger partial charge < -0.3 is 0 Å². The first kappa shape index (κ1) is 19.8. The molecular formula is C20H25N5O3S. The summed E-state index contributed by atoms with van der Waals surface area (Å²) in [6.45, 7) is 3.87. The average molecular weight is 416 g/mol.